The second kappa shape index (κ2) is 12.9. The molecule has 2 amide bonds. The monoisotopic (exact) mass is 549 g/mol. The minimum Gasteiger partial charge on any atom is -0.508 e. The van der Waals surface area contributed by atoms with Gasteiger partial charge in [0.2, 0.25) is 11.8 Å². The standard InChI is InChI=1S/C30H36BNO8/c1-2-5-18(12-19-6-3-9-23(35)13-19)10-11-26(36)27-20(16-33)14-24-28(25(27)17-34)30(38)32(29(24)37)22-8-4-7-21(15-22)31(39)40/h3-4,6-9,12-13,15,24-26,28,33-36,39-40H,2,5,10-11,14,16-17H2,1H3/b18-12+/t24-,25+,26-,28-/m1/s1. The van der Waals surface area contributed by atoms with E-state index in [0.29, 0.717) is 24.0 Å². The number of carbonyl (C=O) groups is 2. The third-order valence-corrected chi connectivity index (χ3v) is 7.91. The van der Waals surface area contributed by atoms with Crippen LogP contribution in [-0.4, -0.2) is 68.7 Å². The van der Waals surface area contributed by atoms with E-state index in [0.717, 1.165) is 28.9 Å². The Balaban J connectivity index is 1.59. The molecule has 2 aromatic rings. The number of benzene rings is 2. The van der Waals surface area contributed by atoms with E-state index in [1.165, 1.54) is 24.3 Å². The Morgan fingerprint density at radius 3 is 2.48 bits per heavy atom. The van der Waals surface area contributed by atoms with Gasteiger partial charge in [-0.1, -0.05) is 49.3 Å². The Labute approximate surface area is 233 Å². The number of aliphatic hydroxyl groups is 3. The van der Waals surface area contributed by atoms with Crippen molar-refractivity contribution in [1.82, 2.24) is 0 Å². The maximum atomic E-state index is 13.6. The number of imide groups is 1. The van der Waals surface area contributed by atoms with E-state index in [4.69, 9.17) is 0 Å². The molecule has 1 fully saturated rings. The first-order chi connectivity index (χ1) is 19.2. The summed E-state index contributed by atoms with van der Waals surface area (Å²) >= 11 is 0. The van der Waals surface area contributed by atoms with Crippen LogP contribution >= 0.6 is 0 Å². The maximum absolute atomic E-state index is 13.6. The van der Waals surface area contributed by atoms with Gasteiger partial charge >= 0.3 is 7.12 Å². The minimum absolute atomic E-state index is 0.0778. The lowest BCUT2D eigenvalue weighted by atomic mass is 9.68. The molecule has 212 valence electrons. The maximum Gasteiger partial charge on any atom is 0.488 e. The highest BCUT2D eigenvalue weighted by atomic mass is 16.4. The molecule has 10 heteroatoms. The van der Waals surface area contributed by atoms with E-state index in [1.807, 2.05) is 19.1 Å². The molecule has 0 bridgehead atoms. The van der Waals surface area contributed by atoms with Crippen molar-refractivity contribution in [2.75, 3.05) is 18.1 Å². The van der Waals surface area contributed by atoms with E-state index in [-0.39, 0.29) is 23.3 Å². The normalized spacial score (nSPS) is 22.1. The van der Waals surface area contributed by atoms with E-state index in [9.17, 15) is 40.1 Å². The van der Waals surface area contributed by atoms with Crippen molar-refractivity contribution in [3.63, 3.8) is 0 Å². The number of aromatic hydroxyl groups is 1. The molecule has 0 unspecified atom stereocenters. The number of hydrogen-bond donors (Lipinski definition) is 6. The third-order valence-electron chi connectivity index (χ3n) is 7.91. The van der Waals surface area contributed by atoms with Gasteiger partial charge in [-0.25, -0.2) is 0 Å². The molecule has 0 saturated carbocycles. The van der Waals surface area contributed by atoms with Crippen molar-refractivity contribution in [2.24, 2.45) is 17.8 Å². The van der Waals surface area contributed by atoms with Crippen molar-refractivity contribution in [2.45, 2.75) is 45.1 Å². The highest BCUT2D eigenvalue weighted by Gasteiger charge is 2.55. The van der Waals surface area contributed by atoms with Gasteiger partial charge < -0.3 is 30.5 Å². The summed E-state index contributed by atoms with van der Waals surface area (Å²) in [7, 11) is -1.77. The largest absolute Gasteiger partial charge is 0.508 e. The number of anilines is 1. The zero-order valence-electron chi connectivity index (χ0n) is 22.5. The molecule has 1 aliphatic heterocycles. The number of phenolic OH excluding ortho intramolecular Hbond substituents is 1. The molecule has 2 aromatic carbocycles. The van der Waals surface area contributed by atoms with Gasteiger partial charge in [-0.05, 0) is 72.1 Å². The van der Waals surface area contributed by atoms with Gasteiger partial charge in [0, 0.05) is 5.92 Å². The van der Waals surface area contributed by atoms with Crippen molar-refractivity contribution >= 4 is 36.2 Å². The van der Waals surface area contributed by atoms with Gasteiger partial charge in [-0.2, -0.15) is 0 Å². The van der Waals surface area contributed by atoms with Crippen LogP contribution in [0, 0.1) is 17.8 Å². The van der Waals surface area contributed by atoms with Crippen LogP contribution in [0.4, 0.5) is 5.69 Å². The summed E-state index contributed by atoms with van der Waals surface area (Å²) in [6.45, 7) is 1.15. The third kappa shape index (κ3) is 6.06. The summed E-state index contributed by atoms with van der Waals surface area (Å²) in [4.78, 5) is 28.0. The zero-order chi connectivity index (χ0) is 29.0. The Bertz CT molecular complexity index is 1310. The molecule has 9 nitrogen and oxygen atoms in total. The average molecular weight is 549 g/mol. The highest BCUT2D eigenvalue weighted by Crippen LogP contribution is 2.47. The number of fused-ring (bicyclic) bond motifs is 1. The smallest absolute Gasteiger partial charge is 0.488 e. The quantitative estimate of drug-likeness (QED) is 0.140. The summed E-state index contributed by atoms with van der Waals surface area (Å²) in [5.41, 5.74) is 3.08. The van der Waals surface area contributed by atoms with Crippen LogP contribution < -0.4 is 10.4 Å². The van der Waals surface area contributed by atoms with Crippen LogP contribution in [0.2, 0.25) is 0 Å². The lowest BCUT2D eigenvalue weighted by Gasteiger charge is -2.36. The molecule has 0 radical (unpaired) electrons. The highest BCUT2D eigenvalue weighted by molar-refractivity contribution is 6.58. The second-order valence-corrected chi connectivity index (χ2v) is 10.5. The first kappa shape index (κ1) is 29.7. The van der Waals surface area contributed by atoms with Gasteiger partial charge in [-0.15, -0.1) is 0 Å². The number of allylic oxidation sites excluding steroid dienone is 1. The van der Waals surface area contributed by atoms with Crippen molar-refractivity contribution < 1.29 is 40.1 Å². The fraction of sp³-hybridized carbons (Fsp3) is 0.400. The zero-order valence-corrected chi connectivity index (χ0v) is 22.5. The predicted octanol–water partition coefficient (Wildman–Crippen LogP) is 1.50. The van der Waals surface area contributed by atoms with Crippen molar-refractivity contribution in [3.05, 3.63) is 70.8 Å². The van der Waals surface area contributed by atoms with E-state index in [1.54, 1.807) is 18.2 Å². The number of hydrogen-bond acceptors (Lipinski definition) is 8. The molecule has 6 N–H and O–H groups in total. The molecule has 4 atom stereocenters. The molecule has 0 spiro atoms. The number of aliphatic hydroxyl groups excluding tert-OH is 3. The van der Waals surface area contributed by atoms with Gasteiger partial charge in [0.15, 0.2) is 0 Å². The van der Waals surface area contributed by atoms with Crippen molar-refractivity contribution in [3.8, 4) is 5.75 Å². The molecule has 40 heavy (non-hydrogen) atoms. The van der Waals surface area contributed by atoms with Crippen molar-refractivity contribution in [1.29, 1.82) is 0 Å². The average Bonchev–Trinajstić information content (AvgIpc) is 3.19. The number of rotatable bonds is 11. The lowest BCUT2D eigenvalue weighted by Crippen LogP contribution is -2.39. The van der Waals surface area contributed by atoms with E-state index < -0.39 is 56.0 Å². The SMILES string of the molecule is CCC/C(=C\c1cccc(O)c1)CC[C@@H](O)C1=C(CO)C[C@H]2C(=O)N(c3cccc(B(O)O)c3)C(=O)[C@H]2[C@H]1CO. The van der Waals surface area contributed by atoms with Gasteiger partial charge in [0.25, 0.3) is 0 Å². The topological polar surface area (TPSA) is 159 Å². The Morgan fingerprint density at radius 1 is 1.07 bits per heavy atom. The molecule has 1 heterocycles. The first-order valence-electron chi connectivity index (χ1n) is 13.6. The number of carbonyl (C=O) groups excluding carboxylic acids is 2. The molecule has 1 aliphatic carbocycles. The predicted molar refractivity (Wildman–Crippen MR) is 151 cm³/mol. The van der Waals surface area contributed by atoms with Gasteiger partial charge in [0.1, 0.15) is 5.75 Å². The first-order valence-corrected chi connectivity index (χ1v) is 13.6. The summed E-state index contributed by atoms with van der Waals surface area (Å²) < 4.78 is 0. The Morgan fingerprint density at radius 2 is 1.82 bits per heavy atom. The van der Waals surface area contributed by atoms with E-state index >= 15 is 0 Å². The van der Waals surface area contributed by atoms with Gasteiger partial charge in [0.05, 0.1) is 36.8 Å². The summed E-state index contributed by atoms with van der Waals surface area (Å²) in [5.74, 6) is -3.44. The van der Waals surface area contributed by atoms with Crippen LogP contribution in [-0.2, 0) is 9.59 Å². The summed E-state index contributed by atoms with van der Waals surface area (Å²) in [5, 5.41) is 60.9. The van der Waals surface area contributed by atoms with Crippen LogP contribution in [0.1, 0.15) is 44.6 Å². The van der Waals surface area contributed by atoms with Crippen LogP contribution in [0.15, 0.2) is 65.3 Å². The van der Waals surface area contributed by atoms with Crippen LogP contribution in [0.5, 0.6) is 5.75 Å². The second-order valence-electron chi connectivity index (χ2n) is 10.5. The van der Waals surface area contributed by atoms with Gasteiger partial charge in [-0.3, -0.25) is 14.5 Å². The minimum atomic E-state index is -1.77. The summed E-state index contributed by atoms with van der Waals surface area (Å²) in [6.07, 6.45) is 3.49. The number of amides is 2. The van der Waals surface area contributed by atoms with E-state index in [2.05, 4.69) is 0 Å². The lowest BCUT2D eigenvalue weighted by molar-refractivity contribution is -0.123. The van der Waals surface area contributed by atoms with Crippen LogP contribution in [0.25, 0.3) is 6.08 Å². The summed E-state index contributed by atoms with van der Waals surface area (Å²) in [6, 6.07) is 12.8. The molecule has 2 aliphatic rings. The number of phenols is 1. The molecule has 4 rings (SSSR count). The molecular weight excluding hydrogens is 513 g/mol. The molecular formula is C30H36BNO8. The van der Waals surface area contributed by atoms with Crippen LogP contribution in [0.3, 0.4) is 0 Å². The molecule has 1 saturated heterocycles. The molecule has 0 aromatic heterocycles. The fourth-order valence-corrected chi connectivity index (χ4v) is 6.10. The fourth-order valence-electron chi connectivity index (χ4n) is 6.10. The Kier molecular flexibility index (Phi) is 9.60. The Hall–Kier alpha value is -3.28. The number of nitrogens with zero attached hydrogens (tertiary/aromatic N) is 1.